The van der Waals surface area contributed by atoms with Crippen molar-refractivity contribution in [2.24, 2.45) is 9.98 Å². The lowest BCUT2D eigenvalue weighted by Gasteiger charge is -2.30. The number of benzene rings is 1. The molecule has 0 spiro atoms. The van der Waals surface area contributed by atoms with Gasteiger partial charge in [-0.2, -0.15) is 0 Å². The third-order valence-corrected chi connectivity index (χ3v) is 5.23. The number of thioether (sulfide) groups is 1. The van der Waals surface area contributed by atoms with Crippen molar-refractivity contribution < 1.29 is 14.6 Å². The zero-order valence-corrected chi connectivity index (χ0v) is 13.2. The van der Waals surface area contributed by atoms with E-state index in [0.29, 0.717) is 5.75 Å². The highest BCUT2D eigenvalue weighted by atomic mass is 32.2. The highest BCUT2D eigenvalue weighted by molar-refractivity contribution is 8.01. The first-order chi connectivity index (χ1) is 10.7. The molecule has 2 atom stereocenters. The monoisotopic (exact) mass is 318 g/mol. The van der Waals surface area contributed by atoms with Crippen LogP contribution in [0, 0.1) is 0 Å². The number of aliphatic imine (C=N–C) groups is 2. The summed E-state index contributed by atoms with van der Waals surface area (Å²) in [5.41, 5.74) is 2.99. The lowest BCUT2D eigenvalue weighted by Crippen LogP contribution is -2.39. The Kier molecular flexibility index (Phi) is 4.47. The Labute approximate surface area is 133 Å². The van der Waals surface area contributed by atoms with Gasteiger partial charge in [-0.25, -0.2) is 4.79 Å². The van der Waals surface area contributed by atoms with E-state index in [1.807, 2.05) is 24.3 Å². The van der Waals surface area contributed by atoms with E-state index in [4.69, 9.17) is 14.8 Å². The number of hydrogen-bond donors (Lipinski definition) is 1. The van der Waals surface area contributed by atoms with Crippen LogP contribution in [0.25, 0.3) is 0 Å². The number of rotatable bonds is 3. The third-order valence-electron chi connectivity index (χ3n) is 3.84. The minimum absolute atomic E-state index is 0.145. The van der Waals surface area contributed by atoms with E-state index < -0.39 is 12.0 Å². The van der Waals surface area contributed by atoms with Crippen LogP contribution in [-0.2, 0) is 4.79 Å². The molecule has 5 nitrogen and oxygen atoms in total. The molecule has 6 heteroatoms. The summed E-state index contributed by atoms with van der Waals surface area (Å²) in [5, 5.41) is 9.26. The van der Waals surface area contributed by atoms with Gasteiger partial charge < -0.3 is 9.84 Å². The molecular weight excluding hydrogens is 300 g/mol. The molecule has 2 unspecified atom stereocenters. The van der Waals surface area contributed by atoms with Gasteiger partial charge in [0.1, 0.15) is 5.75 Å². The van der Waals surface area contributed by atoms with Gasteiger partial charge in [-0.3, -0.25) is 9.98 Å². The van der Waals surface area contributed by atoms with Crippen LogP contribution in [0.5, 0.6) is 5.75 Å². The first-order valence-corrected chi connectivity index (χ1v) is 8.35. The molecule has 1 heterocycles. The number of hydrogen-bond acceptors (Lipinski definition) is 5. The number of nitrogens with zero attached hydrogens (tertiary/aromatic N) is 2. The molecule has 0 aromatic heterocycles. The fraction of sp³-hybridized carbons (Fsp3) is 0.438. The zero-order chi connectivity index (χ0) is 15.5. The van der Waals surface area contributed by atoms with Crippen molar-refractivity contribution in [2.75, 3.05) is 12.9 Å². The molecule has 1 aliphatic carbocycles. The Morgan fingerprint density at radius 3 is 2.82 bits per heavy atom. The van der Waals surface area contributed by atoms with Crippen LogP contribution in [0.3, 0.4) is 0 Å². The molecule has 1 fully saturated rings. The summed E-state index contributed by atoms with van der Waals surface area (Å²) in [5.74, 6) is 0.495. The number of ether oxygens (including phenoxy) is 1. The maximum absolute atomic E-state index is 11.1. The molecule has 0 saturated heterocycles. The van der Waals surface area contributed by atoms with Crippen LogP contribution in [0.2, 0.25) is 0 Å². The summed E-state index contributed by atoms with van der Waals surface area (Å²) >= 11 is 1.65. The second-order valence-corrected chi connectivity index (χ2v) is 6.48. The Morgan fingerprint density at radius 2 is 2.14 bits per heavy atom. The summed E-state index contributed by atoms with van der Waals surface area (Å²) in [6.45, 7) is 0. The van der Waals surface area contributed by atoms with Crippen LogP contribution in [0.4, 0.5) is 5.69 Å². The van der Waals surface area contributed by atoms with Gasteiger partial charge in [0, 0.05) is 17.2 Å². The molecular formula is C16H18N2O3S. The topological polar surface area (TPSA) is 71.2 Å². The van der Waals surface area contributed by atoms with Crippen molar-refractivity contribution in [3.8, 4) is 5.75 Å². The zero-order valence-electron chi connectivity index (χ0n) is 12.4. The molecule has 2 aliphatic rings. The number of aliphatic carboxylic acids is 1. The molecule has 22 heavy (non-hydrogen) atoms. The van der Waals surface area contributed by atoms with Crippen molar-refractivity contribution in [3.05, 3.63) is 24.3 Å². The second-order valence-electron chi connectivity index (χ2n) is 5.34. The second kappa shape index (κ2) is 6.52. The Bertz CT molecular complexity index is 625. The summed E-state index contributed by atoms with van der Waals surface area (Å²) in [4.78, 5) is 20.3. The van der Waals surface area contributed by atoms with Crippen molar-refractivity contribution in [3.63, 3.8) is 0 Å². The minimum Gasteiger partial charge on any atom is -0.497 e. The predicted octanol–water partition coefficient (Wildman–Crippen LogP) is 2.96. The molecule has 1 aromatic rings. The maximum Gasteiger partial charge on any atom is 0.329 e. The molecule has 0 bridgehead atoms. The van der Waals surface area contributed by atoms with Gasteiger partial charge in [-0.05, 0) is 43.5 Å². The van der Waals surface area contributed by atoms with E-state index in [0.717, 1.165) is 42.1 Å². The molecule has 1 N–H and O–H groups in total. The standard InChI is InChI=1S/C16H18N2O3S/c1-21-11-7-5-10(6-8-11)17-12-3-2-4-13-15(12)22-9-14(18-13)16(19)20/h5-8,14-15H,2-4,9H2,1H3,(H,19,20). The molecule has 0 amide bonds. The summed E-state index contributed by atoms with van der Waals surface area (Å²) in [6.07, 6.45) is 2.81. The average molecular weight is 318 g/mol. The van der Waals surface area contributed by atoms with Crippen molar-refractivity contribution >= 4 is 34.8 Å². The van der Waals surface area contributed by atoms with Gasteiger partial charge in [0.15, 0.2) is 6.04 Å². The lowest BCUT2D eigenvalue weighted by atomic mass is 9.95. The number of carboxylic acids is 1. The van der Waals surface area contributed by atoms with E-state index in [-0.39, 0.29) is 5.25 Å². The van der Waals surface area contributed by atoms with Crippen molar-refractivity contribution in [1.29, 1.82) is 0 Å². The van der Waals surface area contributed by atoms with Crippen LogP contribution in [0.15, 0.2) is 34.3 Å². The van der Waals surface area contributed by atoms with E-state index in [2.05, 4.69) is 4.99 Å². The Hall–Kier alpha value is -1.82. The van der Waals surface area contributed by atoms with Gasteiger partial charge in [0.25, 0.3) is 0 Å². The maximum atomic E-state index is 11.1. The van der Waals surface area contributed by atoms with Crippen molar-refractivity contribution in [1.82, 2.24) is 0 Å². The molecule has 0 radical (unpaired) electrons. The van der Waals surface area contributed by atoms with Gasteiger partial charge in [0.2, 0.25) is 0 Å². The van der Waals surface area contributed by atoms with Gasteiger partial charge >= 0.3 is 5.97 Å². The number of carbonyl (C=O) groups is 1. The summed E-state index contributed by atoms with van der Waals surface area (Å²) in [6, 6.07) is 7.06. The van der Waals surface area contributed by atoms with Crippen LogP contribution < -0.4 is 4.74 Å². The van der Waals surface area contributed by atoms with Crippen LogP contribution >= 0.6 is 11.8 Å². The molecule has 3 rings (SSSR count). The number of methoxy groups -OCH3 is 1. The average Bonchev–Trinajstić information content (AvgIpc) is 2.55. The number of carboxylic acid groups (broad SMARTS) is 1. The van der Waals surface area contributed by atoms with E-state index in [9.17, 15) is 4.79 Å². The van der Waals surface area contributed by atoms with E-state index >= 15 is 0 Å². The van der Waals surface area contributed by atoms with Gasteiger partial charge in [-0.1, -0.05) is 0 Å². The van der Waals surface area contributed by atoms with E-state index in [1.54, 1.807) is 18.9 Å². The molecule has 116 valence electrons. The SMILES string of the molecule is COc1ccc(N=C2CCCC3=NC(C(=O)O)CSC23)cc1. The summed E-state index contributed by atoms with van der Waals surface area (Å²) in [7, 11) is 1.64. The predicted molar refractivity (Wildman–Crippen MR) is 89.0 cm³/mol. The quantitative estimate of drug-likeness (QED) is 0.930. The van der Waals surface area contributed by atoms with Crippen molar-refractivity contribution in [2.45, 2.75) is 30.6 Å². The number of fused-ring (bicyclic) bond motifs is 1. The van der Waals surface area contributed by atoms with E-state index in [1.165, 1.54) is 0 Å². The third kappa shape index (κ3) is 3.16. The Morgan fingerprint density at radius 1 is 1.36 bits per heavy atom. The highest BCUT2D eigenvalue weighted by Gasteiger charge is 2.33. The Balaban J connectivity index is 1.83. The summed E-state index contributed by atoms with van der Waals surface area (Å²) < 4.78 is 5.15. The van der Waals surface area contributed by atoms with Crippen LogP contribution in [0.1, 0.15) is 19.3 Å². The molecule has 1 saturated carbocycles. The van der Waals surface area contributed by atoms with Gasteiger partial charge in [-0.15, -0.1) is 11.8 Å². The lowest BCUT2D eigenvalue weighted by molar-refractivity contribution is -0.137. The molecule has 1 aromatic carbocycles. The normalized spacial score (nSPS) is 26.2. The first-order valence-electron chi connectivity index (χ1n) is 7.30. The fourth-order valence-electron chi connectivity index (χ4n) is 2.72. The minimum atomic E-state index is -0.835. The largest absolute Gasteiger partial charge is 0.497 e. The first kappa shape index (κ1) is 15.1. The smallest absolute Gasteiger partial charge is 0.329 e. The van der Waals surface area contributed by atoms with Gasteiger partial charge in [0.05, 0.1) is 18.0 Å². The highest BCUT2D eigenvalue weighted by Crippen LogP contribution is 2.32. The van der Waals surface area contributed by atoms with Crippen LogP contribution in [-0.4, -0.2) is 46.7 Å². The molecule has 1 aliphatic heterocycles. The fourth-order valence-corrected chi connectivity index (χ4v) is 4.04.